The van der Waals surface area contributed by atoms with Crippen LogP contribution in [-0.2, 0) is 15.7 Å². The Balaban J connectivity index is 2.62. The van der Waals surface area contributed by atoms with Crippen molar-refractivity contribution in [3.8, 4) is 0 Å². The molecule has 0 amide bonds. The number of rotatable bonds is 2. The van der Waals surface area contributed by atoms with E-state index in [0.29, 0.717) is 5.70 Å². The molecule has 2 rings (SSSR count). The van der Waals surface area contributed by atoms with Crippen LogP contribution in [0.4, 0.5) is 13.2 Å². The maximum atomic E-state index is 13.2. The van der Waals surface area contributed by atoms with Crippen LogP contribution in [-0.4, -0.2) is 18.2 Å². The molecule has 4 nitrogen and oxygen atoms in total. The summed E-state index contributed by atoms with van der Waals surface area (Å²) in [7, 11) is 1.17. The minimum atomic E-state index is -4.54. The summed E-state index contributed by atoms with van der Waals surface area (Å²) in [4.78, 5) is 11.9. The molecule has 2 N–H and O–H groups in total. The van der Waals surface area contributed by atoms with Gasteiger partial charge in [0.25, 0.3) is 0 Å². The molecule has 1 aliphatic rings. The number of halogens is 3. The predicted octanol–water partition coefficient (Wildman–Crippen LogP) is 2.67. The number of nitrogens with one attached hydrogen (secondary N) is 2. The molecule has 1 aromatic carbocycles. The summed E-state index contributed by atoms with van der Waals surface area (Å²) >= 11 is 4.98. The van der Waals surface area contributed by atoms with Crippen LogP contribution in [0.3, 0.4) is 0 Å². The fraction of sp³-hybridized carbons (Fsp3) is 0.286. The first-order valence-corrected chi connectivity index (χ1v) is 6.69. The molecule has 0 unspecified atom stereocenters. The molecule has 0 aliphatic carbocycles. The largest absolute Gasteiger partial charge is 0.466 e. The van der Waals surface area contributed by atoms with Crippen LogP contribution in [0, 0.1) is 0 Å². The van der Waals surface area contributed by atoms with E-state index in [1.54, 1.807) is 6.92 Å². The number of carbonyl (C=O) groups is 1. The quantitative estimate of drug-likeness (QED) is 0.645. The van der Waals surface area contributed by atoms with Crippen molar-refractivity contribution in [1.82, 2.24) is 10.6 Å². The highest BCUT2D eigenvalue weighted by Crippen LogP contribution is 2.38. The number of hydrogen-bond donors (Lipinski definition) is 2. The van der Waals surface area contributed by atoms with Crippen LogP contribution in [0.5, 0.6) is 0 Å². The Morgan fingerprint density at radius 2 is 1.95 bits per heavy atom. The molecule has 0 bridgehead atoms. The van der Waals surface area contributed by atoms with Gasteiger partial charge < -0.3 is 15.4 Å². The molecule has 0 spiro atoms. The highest BCUT2D eigenvalue weighted by atomic mass is 32.1. The number of methoxy groups -OCH3 is 1. The van der Waals surface area contributed by atoms with Crippen molar-refractivity contribution in [3.05, 3.63) is 46.7 Å². The smallest absolute Gasteiger partial charge is 0.416 e. The SMILES string of the molecule is COC(=O)C1=C(C)NC(=S)N[C@H]1c1ccccc1C(F)(F)F. The van der Waals surface area contributed by atoms with Gasteiger partial charge in [-0.1, -0.05) is 18.2 Å². The lowest BCUT2D eigenvalue weighted by Gasteiger charge is -2.31. The Bertz CT molecular complexity index is 656. The van der Waals surface area contributed by atoms with E-state index in [9.17, 15) is 18.0 Å². The first-order chi connectivity index (χ1) is 10.3. The second kappa shape index (κ2) is 5.96. The van der Waals surface area contributed by atoms with Gasteiger partial charge in [-0.3, -0.25) is 0 Å². The zero-order chi connectivity index (χ0) is 16.5. The second-order valence-electron chi connectivity index (χ2n) is 4.65. The monoisotopic (exact) mass is 330 g/mol. The van der Waals surface area contributed by atoms with E-state index in [1.165, 1.54) is 25.3 Å². The van der Waals surface area contributed by atoms with E-state index < -0.39 is 23.8 Å². The van der Waals surface area contributed by atoms with Gasteiger partial charge in [-0.25, -0.2) is 4.79 Å². The molecular weight excluding hydrogens is 317 g/mol. The Labute approximate surface area is 130 Å². The van der Waals surface area contributed by atoms with Crippen LogP contribution in [0.25, 0.3) is 0 Å². The van der Waals surface area contributed by atoms with Crippen molar-refractivity contribution in [2.45, 2.75) is 19.1 Å². The normalized spacial score (nSPS) is 18.6. The van der Waals surface area contributed by atoms with Crippen molar-refractivity contribution in [1.29, 1.82) is 0 Å². The number of hydrogen-bond acceptors (Lipinski definition) is 3. The minimum absolute atomic E-state index is 0.0628. The number of carbonyl (C=O) groups excluding carboxylic acids is 1. The third-order valence-electron chi connectivity index (χ3n) is 3.25. The summed E-state index contributed by atoms with van der Waals surface area (Å²) in [6.07, 6.45) is -4.54. The molecule has 1 atom stereocenters. The number of ether oxygens (including phenoxy) is 1. The summed E-state index contributed by atoms with van der Waals surface area (Å²) in [6.45, 7) is 1.56. The molecule has 0 saturated heterocycles. The van der Waals surface area contributed by atoms with Gasteiger partial charge in [-0.2, -0.15) is 13.2 Å². The molecule has 0 saturated carbocycles. The first-order valence-electron chi connectivity index (χ1n) is 6.28. The molecular formula is C14H13F3N2O2S. The molecule has 1 heterocycles. The standard InChI is InChI=1S/C14H13F3N2O2S/c1-7-10(12(20)21-2)11(19-13(22)18-7)8-5-3-4-6-9(8)14(15,16)17/h3-6,11H,1-2H3,(H2,18,19,22)/t11-/m0/s1. The van der Waals surface area contributed by atoms with Crippen molar-refractivity contribution in [3.63, 3.8) is 0 Å². The molecule has 0 fully saturated rings. The summed E-state index contributed by atoms with van der Waals surface area (Å²) in [6, 6.07) is 4.01. The first kappa shape index (κ1) is 16.3. The van der Waals surface area contributed by atoms with Crippen LogP contribution < -0.4 is 10.6 Å². The van der Waals surface area contributed by atoms with Crippen molar-refractivity contribution < 1.29 is 22.7 Å². The van der Waals surface area contributed by atoms with E-state index in [1.807, 2.05) is 0 Å². The number of esters is 1. The topological polar surface area (TPSA) is 50.4 Å². The molecule has 1 aliphatic heterocycles. The van der Waals surface area contributed by atoms with Crippen molar-refractivity contribution in [2.75, 3.05) is 7.11 Å². The highest BCUT2D eigenvalue weighted by molar-refractivity contribution is 7.80. The maximum Gasteiger partial charge on any atom is 0.416 e. The van der Waals surface area contributed by atoms with Gasteiger partial charge in [0.05, 0.1) is 24.3 Å². The van der Waals surface area contributed by atoms with Gasteiger partial charge in [0, 0.05) is 5.70 Å². The fourth-order valence-electron chi connectivity index (χ4n) is 2.31. The van der Waals surface area contributed by atoms with Crippen LogP contribution in [0.1, 0.15) is 24.1 Å². The number of alkyl halides is 3. The average Bonchev–Trinajstić information content (AvgIpc) is 2.45. The molecule has 8 heteroatoms. The predicted molar refractivity (Wildman–Crippen MR) is 77.8 cm³/mol. The third kappa shape index (κ3) is 3.06. The van der Waals surface area contributed by atoms with Gasteiger partial charge in [0.15, 0.2) is 5.11 Å². The van der Waals surface area contributed by atoms with Gasteiger partial charge in [0.2, 0.25) is 0 Å². The zero-order valence-electron chi connectivity index (χ0n) is 11.7. The number of allylic oxidation sites excluding steroid dienone is 1. The summed E-state index contributed by atoms with van der Waals surface area (Å²) in [5, 5.41) is 5.57. The van der Waals surface area contributed by atoms with Crippen LogP contribution in [0.15, 0.2) is 35.5 Å². The highest BCUT2D eigenvalue weighted by Gasteiger charge is 2.39. The van der Waals surface area contributed by atoms with E-state index in [4.69, 9.17) is 12.2 Å². The fourth-order valence-corrected chi connectivity index (χ4v) is 2.59. The second-order valence-corrected chi connectivity index (χ2v) is 5.05. The molecule has 0 aromatic heterocycles. The van der Waals surface area contributed by atoms with Crippen molar-refractivity contribution in [2.24, 2.45) is 0 Å². The van der Waals surface area contributed by atoms with E-state index in [0.717, 1.165) is 6.07 Å². The van der Waals surface area contributed by atoms with Gasteiger partial charge >= 0.3 is 12.1 Å². The molecule has 22 heavy (non-hydrogen) atoms. The van der Waals surface area contributed by atoms with Crippen LogP contribution >= 0.6 is 12.2 Å². The van der Waals surface area contributed by atoms with Gasteiger partial charge in [-0.05, 0) is 30.8 Å². The minimum Gasteiger partial charge on any atom is -0.466 e. The molecule has 0 radical (unpaired) electrons. The summed E-state index contributed by atoms with van der Waals surface area (Å²) < 4.78 is 44.3. The summed E-state index contributed by atoms with van der Waals surface area (Å²) in [5.74, 6) is -0.720. The van der Waals surface area contributed by atoms with Crippen molar-refractivity contribution >= 4 is 23.3 Å². The van der Waals surface area contributed by atoms with Crippen LogP contribution in [0.2, 0.25) is 0 Å². The zero-order valence-corrected chi connectivity index (χ0v) is 12.6. The summed E-state index contributed by atoms with van der Waals surface area (Å²) in [5.41, 5.74) is -0.490. The Kier molecular flexibility index (Phi) is 4.41. The number of thiocarbonyl (C=S) groups is 1. The van der Waals surface area contributed by atoms with E-state index in [2.05, 4.69) is 15.4 Å². The van der Waals surface area contributed by atoms with Gasteiger partial charge in [0.1, 0.15) is 0 Å². The maximum absolute atomic E-state index is 13.2. The molecule has 1 aromatic rings. The number of benzene rings is 1. The van der Waals surface area contributed by atoms with E-state index in [-0.39, 0.29) is 16.2 Å². The van der Waals surface area contributed by atoms with E-state index >= 15 is 0 Å². The Hall–Kier alpha value is -2.09. The average molecular weight is 330 g/mol. The lowest BCUT2D eigenvalue weighted by molar-refractivity contribution is -0.139. The lowest BCUT2D eigenvalue weighted by atomic mass is 9.92. The lowest BCUT2D eigenvalue weighted by Crippen LogP contribution is -2.45. The Morgan fingerprint density at radius 1 is 1.32 bits per heavy atom. The molecule has 118 valence electrons. The Morgan fingerprint density at radius 3 is 2.55 bits per heavy atom. The van der Waals surface area contributed by atoms with Gasteiger partial charge in [-0.15, -0.1) is 0 Å². The third-order valence-corrected chi connectivity index (χ3v) is 3.47.